The summed E-state index contributed by atoms with van der Waals surface area (Å²) in [4.78, 5) is 27.6. The molecule has 0 aromatic carbocycles. The maximum Gasteiger partial charge on any atom is 0.229 e. The van der Waals surface area contributed by atoms with Gasteiger partial charge in [0.1, 0.15) is 0 Å². The van der Waals surface area contributed by atoms with Gasteiger partial charge in [-0.1, -0.05) is 0 Å². The van der Waals surface area contributed by atoms with Crippen LogP contribution >= 0.6 is 0 Å². The number of carbonyl (C=O) groups excluding carboxylic acids is 2. The summed E-state index contributed by atoms with van der Waals surface area (Å²) in [5.74, 6) is 0.0856. The van der Waals surface area contributed by atoms with E-state index in [1.165, 1.54) is 0 Å². The summed E-state index contributed by atoms with van der Waals surface area (Å²) in [6.45, 7) is 2.18. The predicted octanol–water partition coefficient (Wildman–Crippen LogP) is -0.713. The van der Waals surface area contributed by atoms with Crippen molar-refractivity contribution in [3.05, 3.63) is 0 Å². The second kappa shape index (κ2) is 5.88. The van der Waals surface area contributed by atoms with Crippen LogP contribution in [0.4, 0.5) is 0 Å². The summed E-state index contributed by atoms with van der Waals surface area (Å²) < 4.78 is 5.24. The molecular weight excluding hydrogens is 246 g/mol. The molecule has 2 aliphatic heterocycles. The van der Waals surface area contributed by atoms with Crippen LogP contribution in [0.2, 0.25) is 0 Å². The Balaban J connectivity index is 1.86. The van der Waals surface area contributed by atoms with Crippen molar-refractivity contribution < 1.29 is 14.3 Å². The molecule has 0 aliphatic carbocycles. The molecule has 2 aliphatic rings. The molecule has 2 rings (SSSR count). The van der Waals surface area contributed by atoms with E-state index in [1.807, 2.05) is 4.90 Å². The van der Waals surface area contributed by atoms with Gasteiger partial charge in [-0.05, 0) is 12.8 Å². The van der Waals surface area contributed by atoms with Crippen LogP contribution in [0, 0.1) is 11.8 Å². The van der Waals surface area contributed by atoms with Crippen molar-refractivity contribution in [3.8, 4) is 0 Å². The van der Waals surface area contributed by atoms with Gasteiger partial charge in [0.25, 0.3) is 0 Å². The zero-order valence-corrected chi connectivity index (χ0v) is 11.7. The highest BCUT2D eigenvalue weighted by molar-refractivity contribution is 5.81. The van der Waals surface area contributed by atoms with Crippen LogP contribution in [-0.2, 0) is 14.3 Å². The lowest BCUT2D eigenvalue weighted by Crippen LogP contribution is -2.48. The van der Waals surface area contributed by atoms with Gasteiger partial charge >= 0.3 is 0 Å². The van der Waals surface area contributed by atoms with Gasteiger partial charge in [-0.15, -0.1) is 0 Å². The van der Waals surface area contributed by atoms with E-state index in [9.17, 15) is 9.59 Å². The highest BCUT2D eigenvalue weighted by atomic mass is 16.5. The first-order valence-corrected chi connectivity index (χ1v) is 6.84. The van der Waals surface area contributed by atoms with E-state index in [2.05, 4.69) is 0 Å². The fourth-order valence-corrected chi connectivity index (χ4v) is 2.77. The third kappa shape index (κ3) is 3.06. The number of ether oxygens (including phenoxy) is 1. The van der Waals surface area contributed by atoms with Crippen LogP contribution in [0.25, 0.3) is 0 Å². The summed E-state index contributed by atoms with van der Waals surface area (Å²) in [5, 5.41) is 0. The quantitative estimate of drug-likeness (QED) is 0.718. The molecule has 0 aromatic heterocycles. The molecule has 2 amide bonds. The van der Waals surface area contributed by atoms with Crippen LogP contribution in [0.3, 0.4) is 0 Å². The number of nitrogens with zero attached hydrogens (tertiary/aromatic N) is 2. The molecule has 2 atom stereocenters. The van der Waals surface area contributed by atoms with Crippen molar-refractivity contribution in [2.75, 3.05) is 40.4 Å². The van der Waals surface area contributed by atoms with Crippen LogP contribution in [-0.4, -0.2) is 68.1 Å². The minimum absolute atomic E-state index is 0.0487. The lowest BCUT2D eigenvalue weighted by molar-refractivity contribution is -0.141. The Kier molecular flexibility index (Phi) is 4.42. The molecule has 6 nitrogen and oxygen atoms in total. The molecule has 2 heterocycles. The molecule has 0 radical (unpaired) electrons. The van der Waals surface area contributed by atoms with Crippen molar-refractivity contribution in [1.29, 1.82) is 0 Å². The van der Waals surface area contributed by atoms with Gasteiger partial charge in [0.05, 0.1) is 19.1 Å². The summed E-state index contributed by atoms with van der Waals surface area (Å²) in [5.41, 5.74) is 5.87. The molecule has 0 spiro atoms. The fourth-order valence-electron chi connectivity index (χ4n) is 2.77. The van der Waals surface area contributed by atoms with Crippen LogP contribution in [0.1, 0.15) is 12.8 Å². The Morgan fingerprint density at radius 3 is 2.32 bits per heavy atom. The van der Waals surface area contributed by atoms with E-state index in [0.717, 1.165) is 12.8 Å². The molecule has 2 saturated heterocycles. The highest BCUT2D eigenvalue weighted by Crippen LogP contribution is 2.22. The van der Waals surface area contributed by atoms with E-state index in [1.54, 1.807) is 19.0 Å². The van der Waals surface area contributed by atoms with E-state index < -0.39 is 0 Å². The molecule has 2 unspecified atom stereocenters. The molecule has 108 valence electrons. The average molecular weight is 269 g/mol. The van der Waals surface area contributed by atoms with Gasteiger partial charge in [0, 0.05) is 39.1 Å². The van der Waals surface area contributed by atoms with Crippen molar-refractivity contribution in [1.82, 2.24) is 9.80 Å². The lowest BCUT2D eigenvalue weighted by atomic mass is 9.93. The summed E-state index contributed by atoms with van der Waals surface area (Å²) >= 11 is 0. The van der Waals surface area contributed by atoms with E-state index in [0.29, 0.717) is 26.3 Å². The molecular formula is C13H23N3O3. The molecule has 19 heavy (non-hydrogen) atoms. The van der Waals surface area contributed by atoms with Gasteiger partial charge in [0.2, 0.25) is 11.8 Å². The lowest BCUT2D eigenvalue weighted by Gasteiger charge is -2.34. The van der Waals surface area contributed by atoms with Crippen LogP contribution in [0.15, 0.2) is 0 Å². The van der Waals surface area contributed by atoms with E-state index >= 15 is 0 Å². The van der Waals surface area contributed by atoms with Gasteiger partial charge in [-0.25, -0.2) is 0 Å². The third-order valence-corrected chi connectivity index (χ3v) is 4.04. The summed E-state index contributed by atoms with van der Waals surface area (Å²) in [6, 6.07) is -0.186. The van der Waals surface area contributed by atoms with Gasteiger partial charge in [-0.3, -0.25) is 9.59 Å². The van der Waals surface area contributed by atoms with Gasteiger partial charge in [-0.2, -0.15) is 0 Å². The number of nitrogens with two attached hydrogens (primary N) is 1. The minimum atomic E-state index is -0.207. The second-order valence-electron chi connectivity index (χ2n) is 5.64. The van der Waals surface area contributed by atoms with Gasteiger partial charge < -0.3 is 20.3 Å². The number of piperidine rings is 1. The number of hydrogen-bond acceptors (Lipinski definition) is 4. The zero-order chi connectivity index (χ0) is 14.0. The second-order valence-corrected chi connectivity index (χ2v) is 5.64. The number of carbonyl (C=O) groups is 2. The standard InChI is InChI=1S/C13H23N3O3/c1-15(2)12(17)9-3-5-16(6-4-9)13(18)10-7-19-8-11(10)14/h9-11H,3-8,14H2,1-2H3. The Labute approximate surface area is 113 Å². The molecule has 0 bridgehead atoms. The normalized spacial score (nSPS) is 28.5. The smallest absolute Gasteiger partial charge is 0.229 e. The largest absolute Gasteiger partial charge is 0.379 e. The SMILES string of the molecule is CN(C)C(=O)C1CCN(C(=O)C2COCC2N)CC1. The first-order valence-electron chi connectivity index (χ1n) is 6.84. The van der Waals surface area contributed by atoms with Crippen LogP contribution in [0.5, 0.6) is 0 Å². The van der Waals surface area contributed by atoms with Crippen LogP contribution < -0.4 is 5.73 Å². The molecule has 2 fully saturated rings. The number of hydrogen-bond donors (Lipinski definition) is 1. The molecule has 6 heteroatoms. The van der Waals surface area contributed by atoms with Gasteiger partial charge in [0.15, 0.2) is 0 Å². The minimum Gasteiger partial charge on any atom is -0.379 e. The Bertz CT molecular complexity index is 351. The number of likely N-dealkylation sites (tertiary alicyclic amines) is 1. The molecule has 2 N–H and O–H groups in total. The predicted molar refractivity (Wildman–Crippen MR) is 70.3 cm³/mol. The summed E-state index contributed by atoms with van der Waals surface area (Å²) in [7, 11) is 3.55. The maximum atomic E-state index is 12.3. The summed E-state index contributed by atoms with van der Waals surface area (Å²) in [6.07, 6.45) is 1.48. The number of rotatable bonds is 2. The Morgan fingerprint density at radius 2 is 1.84 bits per heavy atom. The fraction of sp³-hybridized carbons (Fsp3) is 0.846. The van der Waals surface area contributed by atoms with Crippen molar-refractivity contribution in [3.63, 3.8) is 0 Å². The average Bonchev–Trinajstić information content (AvgIpc) is 2.83. The molecule has 0 saturated carbocycles. The first-order chi connectivity index (χ1) is 9.00. The Hall–Kier alpha value is -1.14. The highest BCUT2D eigenvalue weighted by Gasteiger charge is 2.36. The topological polar surface area (TPSA) is 75.9 Å². The van der Waals surface area contributed by atoms with E-state index in [4.69, 9.17) is 10.5 Å². The maximum absolute atomic E-state index is 12.3. The zero-order valence-electron chi connectivity index (χ0n) is 11.7. The monoisotopic (exact) mass is 269 g/mol. The van der Waals surface area contributed by atoms with Crippen molar-refractivity contribution in [2.24, 2.45) is 17.6 Å². The third-order valence-electron chi connectivity index (χ3n) is 4.04. The molecule has 0 aromatic rings. The number of amides is 2. The van der Waals surface area contributed by atoms with E-state index in [-0.39, 0.29) is 29.7 Å². The Morgan fingerprint density at radius 1 is 1.21 bits per heavy atom. The van der Waals surface area contributed by atoms with Crippen molar-refractivity contribution in [2.45, 2.75) is 18.9 Å². The van der Waals surface area contributed by atoms with Crippen molar-refractivity contribution >= 4 is 11.8 Å². The first kappa shape index (κ1) is 14.3.